The first-order valence-corrected chi connectivity index (χ1v) is 13.3. The van der Waals surface area contributed by atoms with Crippen LogP contribution in [0.3, 0.4) is 0 Å². The Kier molecular flexibility index (Phi) is 9.49. The highest BCUT2D eigenvalue weighted by Gasteiger charge is 2.18. The number of hydrogen-bond acceptors (Lipinski definition) is 6. The van der Waals surface area contributed by atoms with E-state index in [9.17, 15) is 14.6 Å². The van der Waals surface area contributed by atoms with Crippen LogP contribution in [0.5, 0.6) is 5.75 Å². The maximum absolute atomic E-state index is 12.1. The van der Waals surface area contributed by atoms with E-state index in [1.807, 2.05) is 60.7 Å². The van der Waals surface area contributed by atoms with Crippen molar-refractivity contribution in [3.8, 4) is 34.2 Å². The molecule has 7 heteroatoms. The highest BCUT2D eigenvalue weighted by atomic mass is 32.2. The monoisotopic (exact) mass is 480 g/mol. The molecule has 0 aliphatic rings. The van der Waals surface area contributed by atoms with Gasteiger partial charge in [-0.25, -0.2) is 4.98 Å². The number of nitrogens with zero attached hydrogens (tertiary/aromatic N) is 2. The van der Waals surface area contributed by atoms with Gasteiger partial charge in [0.15, 0.2) is 0 Å². The van der Waals surface area contributed by atoms with Crippen LogP contribution in [0.15, 0.2) is 65.7 Å². The van der Waals surface area contributed by atoms with Crippen molar-refractivity contribution >= 4 is 22.6 Å². The summed E-state index contributed by atoms with van der Waals surface area (Å²) in [6.45, 7) is 2.05. The average Bonchev–Trinajstić information content (AvgIpc) is 2.86. The summed E-state index contributed by atoms with van der Waals surface area (Å²) in [5, 5.41) is 21.0. The Morgan fingerprint density at radius 2 is 1.88 bits per heavy atom. The lowest BCUT2D eigenvalue weighted by Gasteiger charge is -2.14. The Morgan fingerprint density at radius 3 is 2.52 bits per heavy atom. The molecule has 1 N–H and O–H groups in total. The van der Waals surface area contributed by atoms with Crippen LogP contribution in [0.4, 0.5) is 0 Å². The van der Waals surface area contributed by atoms with Gasteiger partial charge in [0.2, 0.25) is 0 Å². The molecule has 0 bridgehead atoms. The van der Waals surface area contributed by atoms with Gasteiger partial charge in [0.1, 0.15) is 16.8 Å². The van der Waals surface area contributed by atoms with Crippen LogP contribution < -0.4 is 4.74 Å². The third-order valence-electron chi connectivity index (χ3n) is 5.08. The predicted molar refractivity (Wildman–Crippen MR) is 136 cm³/mol. The van der Waals surface area contributed by atoms with Gasteiger partial charge in [-0.1, -0.05) is 43.7 Å². The summed E-state index contributed by atoms with van der Waals surface area (Å²) in [5.41, 5.74) is 3.83. The van der Waals surface area contributed by atoms with Crippen LogP contribution in [0, 0.1) is 11.3 Å². The minimum absolute atomic E-state index is 0.235. The van der Waals surface area contributed by atoms with Gasteiger partial charge in [-0.15, -0.1) is 11.8 Å². The lowest BCUT2D eigenvalue weighted by molar-refractivity contribution is 0.224. The summed E-state index contributed by atoms with van der Waals surface area (Å²) in [5.74, 6) is 1.91. The smallest absolute Gasteiger partial charge is 0.118 e. The summed E-state index contributed by atoms with van der Waals surface area (Å²) < 4.78 is 17.4. The van der Waals surface area contributed by atoms with E-state index in [1.165, 1.54) is 11.8 Å². The zero-order valence-electron chi connectivity index (χ0n) is 18.9. The van der Waals surface area contributed by atoms with Crippen LogP contribution >= 0.6 is 11.8 Å². The van der Waals surface area contributed by atoms with Gasteiger partial charge < -0.3 is 9.84 Å². The topological polar surface area (TPSA) is 83.2 Å². The maximum atomic E-state index is 12.1. The van der Waals surface area contributed by atoms with Gasteiger partial charge in [-0.3, -0.25) is 4.21 Å². The number of thioether (sulfide) groups is 1. The fourth-order valence-electron chi connectivity index (χ4n) is 3.32. The van der Waals surface area contributed by atoms with Crippen molar-refractivity contribution in [3.05, 3.63) is 66.2 Å². The number of rotatable bonds is 11. The molecule has 0 saturated carbocycles. The van der Waals surface area contributed by atoms with Gasteiger partial charge in [0, 0.05) is 33.4 Å². The number of hydrogen-bond donors (Lipinski definition) is 1. The molecule has 0 spiro atoms. The minimum Gasteiger partial charge on any atom is -0.497 e. The van der Waals surface area contributed by atoms with Crippen LogP contribution in [0.25, 0.3) is 22.4 Å². The molecule has 2 aromatic carbocycles. The fraction of sp³-hybridized carbons (Fsp3) is 0.308. The Bertz CT molecular complexity index is 1110. The van der Waals surface area contributed by atoms with E-state index < -0.39 is 16.9 Å². The molecule has 5 nitrogen and oxygen atoms in total. The summed E-state index contributed by atoms with van der Waals surface area (Å²) in [6, 6.07) is 21.6. The standard InChI is InChI=1S/C26H28N2O3S2/c1-3-4-14-33(30)18-21(29)17-32-26-24(16-27)23(19-8-6-5-7-9-19)15-25(28-26)20-10-12-22(31-2)13-11-20/h5-13,15,21,29H,3-4,14,17-18H2,1-2H3/t21-,33-/m0/s1. The Labute approximate surface area is 202 Å². The maximum Gasteiger partial charge on any atom is 0.118 e. The number of methoxy groups -OCH3 is 1. The summed E-state index contributed by atoms with van der Waals surface area (Å²) in [4.78, 5) is 4.77. The number of aliphatic hydroxyl groups excluding tert-OH is 1. The van der Waals surface area contributed by atoms with E-state index in [2.05, 4.69) is 13.0 Å². The molecule has 33 heavy (non-hydrogen) atoms. The van der Waals surface area contributed by atoms with E-state index in [4.69, 9.17) is 9.72 Å². The number of nitriles is 1. The molecule has 3 rings (SSSR count). The lowest BCUT2D eigenvalue weighted by atomic mass is 9.99. The average molecular weight is 481 g/mol. The number of unbranched alkanes of at least 4 members (excludes halogenated alkanes) is 1. The van der Waals surface area contributed by atoms with Crippen molar-refractivity contribution in [2.45, 2.75) is 30.9 Å². The first-order valence-electron chi connectivity index (χ1n) is 10.9. The van der Waals surface area contributed by atoms with Gasteiger partial charge in [0.25, 0.3) is 0 Å². The minimum atomic E-state index is -1.05. The van der Waals surface area contributed by atoms with E-state index in [0.29, 0.717) is 22.1 Å². The molecule has 1 aromatic heterocycles. The Hall–Kier alpha value is -2.66. The molecular weight excluding hydrogens is 452 g/mol. The molecule has 1 heterocycles. The molecule has 0 aliphatic carbocycles. The zero-order valence-corrected chi connectivity index (χ0v) is 20.5. The molecule has 0 unspecified atom stereocenters. The van der Waals surface area contributed by atoms with E-state index in [-0.39, 0.29) is 5.75 Å². The first-order chi connectivity index (χ1) is 16.0. The van der Waals surface area contributed by atoms with Crippen molar-refractivity contribution in [1.29, 1.82) is 5.26 Å². The van der Waals surface area contributed by atoms with Crippen LogP contribution in [-0.2, 0) is 10.8 Å². The summed E-state index contributed by atoms with van der Waals surface area (Å²) >= 11 is 1.33. The number of ether oxygens (including phenoxy) is 1. The first kappa shape index (κ1) is 25.0. The van der Waals surface area contributed by atoms with Crippen molar-refractivity contribution in [2.24, 2.45) is 0 Å². The second-order valence-electron chi connectivity index (χ2n) is 7.57. The highest BCUT2D eigenvalue weighted by molar-refractivity contribution is 7.99. The summed E-state index contributed by atoms with van der Waals surface area (Å²) in [7, 11) is 0.576. The van der Waals surface area contributed by atoms with Crippen LogP contribution in [0.2, 0.25) is 0 Å². The number of aliphatic hydroxyl groups is 1. The SMILES string of the molecule is CCCC[S@](=O)C[C@@H](O)CSc1nc(-c2ccc(OC)cc2)cc(-c2ccccc2)c1C#N. The lowest BCUT2D eigenvalue weighted by Crippen LogP contribution is -2.21. The van der Waals surface area contributed by atoms with Gasteiger partial charge in [0.05, 0.1) is 30.2 Å². The van der Waals surface area contributed by atoms with Crippen molar-refractivity contribution < 1.29 is 14.1 Å². The highest BCUT2D eigenvalue weighted by Crippen LogP contribution is 2.34. The molecule has 2 atom stereocenters. The van der Waals surface area contributed by atoms with Crippen molar-refractivity contribution in [3.63, 3.8) is 0 Å². The molecule has 0 fully saturated rings. The van der Waals surface area contributed by atoms with Crippen LogP contribution in [0.1, 0.15) is 25.3 Å². The molecule has 0 aliphatic heterocycles. The molecular formula is C26H28N2O3S2. The van der Waals surface area contributed by atoms with Gasteiger partial charge >= 0.3 is 0 Å². The van der Waals surface area contributed by atoms with Crippen molar-refractivity contribution in [1.82, 2.24) is 4.98 Å². The van der Waals surface area contributed by atoms with Crippen molar-refractivity contribution in [2.75, 3.05) is 24.4 Å². The molecule has 0 saturated heterocycles. The second kappa shape index (κ2) is 12.5. The van der Waals surface area contributed by atoms with Gasteiger partial charge in [-0.05, 0) is 42.3 Å². The quantitative estimate of drug-likeness (QED) is 0.375. The largest absolute Gasteiger partial charge is 0.497 e. The van der Waals surface area contributed by atoms with E-state index in [0.717, 1.165) is 41.0 Å². The zero-order chi connectivity index (χ0) is 23.6. The molecule has 0 radical (unpaired) electrons. The normalized spacial score (nSPS) is 12.7. The number of benzene rings is 2. The predicted octanol–water partition coefficient (Wildman–Crippen LogP) is 5.30. The molecule has 3 aromatic rings. The van der Waals surface area contributed by atoms with E-state index >= 15 is 0 Å². The molecule has 0 amide bonds. The third-order valence-corrected chi connectivity index (χ3v) is 7.71. The second-order valence-corrected chi connectivity index (χ2v) is 10.2. The van der Waals surface area contributed by atoms with Crippen LogP contribution in [-0.4, -0.2) is 44.8 Å². The third kappa shape index (κ3) is 6.91. The number of aromatic nitrogens is 1. The van der Waals surface area contributed by atoms with E-state index in [1.54, 1.807) is 7.11 Å². The fourth-order valence-corrected chi connectivity index (χ4v) is 5.72. The Balaban J connectivity index is 1.93. The number of pyridine rings is 1. The molecule has 172 valence electrons. The summed E-state index contributed by atoms with van der Waals surface area (Å²) in [6.07, 6.45) is 1.13. The Morgan fingerprint density at radius 1 is 1.15 bits per heavy atom. The van der Waals surface area contributed by atoms with Gasteiger partial charge in [-0.2, -0.15) is 5.26 Å².